The maximum absolute atomic E-state index is 2.39. The highest BCUT2D eigenvalue weighted by Gasteiger charge is 2.17. The molecule has 0 aliphatic rings. The molecule has 0 atom stereocenters. The fourth-order valence-electron chi connectivity index (χ4n) is 9.34. The molecule has 12 aromatic rings. The Morgan fingerprint density at radius 1 is 0.267 bits per heavy atom. The SMILES string of the molecule is c1cc(-c2ccc3ccccc3c2)cc(N(c2ccc(-c3ccc4c5ccccc5c5ccccc5c4c3)cc2)c2ccc(-c3cccc4sc5ccccc5c34)cc2)c1. The van der Waals surface area contributed by atoms with Gasteiger partial charge in [0.15, 0.2) is 0 Å². The minimum atomic E-state index is 1.10. The standard InChI is InChI=1S/C58H37NS/c1-2-12-41-35-43(24-23-38(41)11-1)42-13-9-14-47(36-42)59(46-32-27-40(28-33-46)48-20-10-22-57-58(48)54-19-7-8-21-56(54)60-57)45-30-25-39(26-31-45)44-29-34-53-51-17-4-3-15-49(51)50-16-5-6-18-52(50)55(53)37-44/h1-37H. The van der Waals surface area contributed by atoms with Crippen molar-refractivity contribution in [2.45, 2.75) is 0 Å². The monoisotopic (exact) mass is 779 g/mol. The molecule has 2 heteroatoms. The van der Waals surface area contributed by atoms with E-state index in [0.29, 0.717) is 0 Å². The summed E-state index contributed by atoms with van der Waals surface area (Å²) in [5.74, 6) is 0. The van der Waals surface area contributed by atoms with Gasteiger partial charge in [-0.15, -0.1) is 11.3 Å². The van der Waals surface area contributed by atoms with Crippen LogP contribution < -0.4 is 4.90 Å². The highest BCUT2D eigenvalue weighted by molar-refractivity contribution is 7.25. The van der Waals surface area contributed by atoms with Crippen molar-refractivity contribution in [1.82, 2.24) is 0 Å². The summed E-state index contributed by atoms with van der Waals surface area (Å²) in [5, 5.41) is 12.9. The first-order chi connectivity index (χ1) is 29.7. The molecule has 1 nitrogen and oxygen atoms in total. The molecular weight excluding hydrogens is 743 g/mol. The first-order valence-electron chi connectivity index (χ1n) is 20.6. The molecule has 60 heavy (non-hydrogen) atoms. The zero-order valence-electron chi connectivity index (χ0n) is 32.7. The van der Waals surface area contributed by atoms with Gasteiger partial charge >= 0.3 is 0 Å². The van der Waals surface area contributed by atoms with Gasteiger partial charge in [0.25, 0.3) is 0 Å². The number of thiophene rings is 1. The lowest BCUT2D eigenvalue weighted by molar-refractivity contribution is 1.28. The summed E-state index contributed by atoms with van der Waals surface area (Å²) >= 11 is 1.87. The first kappa shape index (κ1) is 34.5. The molecule has 0 unspecified atom stereocenters. The summed E-state index contributed by atoms with van der Waals surface area (Å²) in [4.78, 5) is 2.39. The molecule has 1 aromatic heterocycles. The van der Waals surface area contributed by atoms with Crippen LogP contribution >= 0.6 is 11.3 Å². The average molecular weight is 780 g/mol. The Bertz CT molecular complexity index is 3560. The Kier molecular flexibility index (Phi) is 8.11. The molecule has 0 amide bonds. The van der Waals surface area contributed by atoms with Crippen LogP contribution in [0.1, 0.15) is 0 Å². The van der Waals surface area contributed by atoms with Gasteiger partial charge in [-0.1, -0.05) is 164 Å². The van der Waals surface area contributed by atoms with Gasteiger partial charge in [-0.3, -0.25) is 0 Å². The van der Waals surface area contributed by atoms with Gasteiger partial charge in [-0.25, -0.2) is 0 Å². The van der Waals surface area contributed by atoms with E-state index in [1.165, 1.54) is 96.6 Å². The summed E-state index contributed by atoms with van der Waals surface area (Å²) < 4.78 is 2.64. The lowest BCUT2D eigenvalue weighted by Crippen LogP contribution is -2.10. The molecule has 0 radical (unpaired) electrons. The van der Waals surface area contributed by atoms with E-state index in [1.54, 1.807) is 0 Å². The van der Waals surface area contributed by atoms with Crippen molar-refractivity contribution < 1.29 is 0 Å². The number of benzene rings is 11. The third-order valence-electron chi connectivity index (χ3n) is 12.2. The topological polar surface area (TPSA) is 3.24 Å². The maximum Gasteiger partial charge on any atom is 0.0467 e. The van der Waals surface area contributed by atoms with Gasteiger partial charge in [0, 0.05) is 37.2 Å². The molecule has 0 saturated heterocycles. The number of rotatable bonds is 6. The fourth-order valence-corrected chi connectivity index (χ4v) is 10.5. The minimum Gasteiger partial charge on any atom is -0.310 e. The molecule has 0 saturated carbocycles. The predicted octanol–water partition coefficient (Wildman–Crippen LogP) is 17.1. The summed E-state index contributed by atoms with van der Waals surface area (Å²) in [7, 11) is 0. The van der Waals surface area contributed by atoms with Crippen LogP contribution in [0.15, 0.2) is 224 Å². The molecule has 12 rings (SSSR count). The number of hydrogen-bond acceptors (Lipinski definition) is 2. The summed E-state index contributed by atoms with van der Waals surface area (Å²) in [5.41, 5.74) is 10.6. The van der Waals surface area contributed by atoms with Gasteiger partial charge in [0.05, 0.1) is 0 Å². The van der Waals surface area contributed by atoms with E-state index in [4.69, 9.17) is 0 Å². The lowest BCUT2D eigenvalue weighted by atomic mass is 9.92. The van der Waals surface area contributed by atoms with Gasteiger partial charge in [0.2, 0.25) is 0 Å². The zero-order chi connectivity index (χ0) is 39.6. The highest BCUT2D eigenvalue weighted by atomic mass is 32.1. The van der Waals surface area contributed by atoms with E-state index < -0.39 is 0 Å². The third kappa shape index (κ3) is 5.76. The molecule has 11 aromatic carbocycles. The van der Waals surface area contributed by atoms with Crippen molar-refractivity contribution in [2.24, 2.45) is 0 Å². The smallest absolute Gasteiger partial charge is 0.0467 e. The van der Waals surface area contributed by atoms with Crippen molar-refractivity contribution in [3.05, 3.63) is 224 Å². The second-order valence-electron chi connectivity index (χ2n) is 15.7. The van der Waals surface area contributed by atoms with Crippen molar-refractivity contribution >= 4 is 91.7 Å². The number of fused-ring (bicyclic) bond motifs is 10. The molecule has 0 aliphatic heterocycles. The Labute approximate surface area is 352 Å². The van der Waals surface area contributed by atoms with Gasteiger partial charge in [0.1, 0.15) is 0 Å². The number of anilines is 3. The molecule has 0 N–H and O–H groups in total. The molecule has 0 aliphatic carbocycles. The van der Waals surface area contributed by atoms with Crippen LogP contribution in [0, 0.1) is 0 Å². The Balaban J connectivity index is 0.969. The Morgan fingerprint density at radius 2 is 0.783 bits per heavy atom. The van der Waals surface area contributed by atoms with Crippen LogP contribution in [0.5, 0.6) is 0 Å². The average Bonchev–Trinajstić information content (AvgIpc) is 3.71. The van der Waals surface area contributed by atoms with Crippen LogP contribution in [0.25, 0.3) is 96.6 Å². The second-order valence-corrected chi connectivity index (χ2v) is 16.8. The molecule has 1 heterocycles. The first-order valence-corrected chi connectivity index (χ1v) is 21.4. The van der Waals surface area contributed by atoms with Crippen molar-refractivity contribution in [3.63, 3.8) is 0 Å². The third-order valence-corrected chi connectivity index (χ3v) is 13.4. The predicted molar refractivity (Wildman–Crippen MR) is 260 cm³/mol. The summed E-state index contributed by atoms with van der Waals surface area (Å²) in [6.45, 7) is 0. The Morgan fingerprint density at radius 3 is 1.52 bits per heavy atom. The van der Waals surface area contributed by atoms with Crippen LogP contribution in [0.3, 0.4) is 0 Å². The van der Waals surface area contributed by atoms with E-state index in [-0.39, 0.29) is 0 Å². The van der Waals surface area contributed by atoms with Crippen LogP contribution in [-0.2, 0) is 0 Å². The number of hydrogen-bond donors (Lipinski definition) is 0. The molecule has 0 fully saturated rings. The lowest BCUT2D eigenvalue weighted by Gasteiger charge is -2.26. The zero-order valence-corrected chi connectivity index (χ0v) is 33.5. The highest BCUT2D eigenvalue weighted by Crippen LogP contribution is 2.43. The maximum atomic E-state index is 2.39. The van der Waals surface area contributed by atoms with E-state index in [2.05, 4.69) is 229 Å². The van der Waals surface area contributed by atoms with Crippen molar-refractivity contribution in [2.75, 3.05) is 4.90 Å². The molecule has 0 spiro atoms. The van der Waals surface area contributed by atoms with Gasteiger partial charge in [-0.05, 0) is 137 Å². The summed E-state index contributed by atoms with van der Waals surface area (Å²) in [6, 6.07) is 82.5. The minimum absolute atomic E-state index is 1.10. The number of nitrogens with zero attached hydrogens (tertiary/aromatic N) is 1. The Hall–Kier alpha value is -7.52. The normalized spacial score (nSPS) is 11.7. The van der Waals surface area contributed by atoms with Gasteiger partial charge in [-0.2, -0.15) is 0 Å². The fraction of sp³-hybridized carbons (Fsp3) is 0. The molecule has 280 valence electrons. The van der Waals surface area contributed by atoms with E-state index in [0.717, 1.165) is 17.1 Å². The van der Waals surface area contributed by atoms with Crippen molar-refractivity contribution in [3.8, 4) is 33.4 Å². The second kappa shape index (κ2) is 14.1. The van der Waals surface area contributed by atoms with E-state index in [9.17, 15) is 0 Å². The quantitative estimate of drug-likeness (QED) is 0.152. The van der Waals surface area contributed by atoms with E-state index >= 15 is 0 Å². The van der Waals surface area contributed by atoms with Crippen molar-refractivity contribution in [1.29, 1.82) is 0 Å². The summed E-state index contributed by atoms with van der Waals surface area (Å²) in [6.07, 6.45) is 0. The van der Waals surface area contributed by atoms with Crippen LogP contribution in [0.2, 0.25) is 0 Å². The van der Waals surface area contributed by atoms with Gasteiger partial charge < -0.3 is 4.90 Å². The largest absolute Gasteiger partial charge is 0.310 e. The molecular formula is C58H37NS. The van der Waals surface area contributed by atoms with E-state index in [1.807, 2.05) is 11.3 Å². The van der Waals surface area contributed by atoms with Crippen LogP contribution in [0.4, 0.5) is 17.1 Å². The van der Waals surface area contributed by atoms with Crippen LogP contribution in [-0.4, -0.2) is 0 Å². The molecule has 0 bridgehead atoms.